The van der Waals surface area contributed by atoms with Crippen molar-refractivity contribution >= 4 is 29.9 Å². The number of hydrogen-bond donors (Lipinski definition) is 2. The number of aliphatic hydroxyl groups is 2. The molecular weight excluding hydrogens is 666 g/mol. The van der Waals surface area contributed by atoms with Gasteiger partial charge in [-0.1, -0.05) is 25.5 Å². The number of fused-ring (bicyclic) bond motifs is 6. The Bertz CT molecular complexity index is 1350. The zero-order chi connectivity index (χ0) is 36.1. The summed E-state index contributed by atoms with van der Waals surface area (Å²) in [7, 11) is 4.01. The van der Waals surface area contributed by atoms with Gasteiger partial charge in [-0.15, -0.1) is 12.4 Å². The van der Waals surface area contributed by atoms with E-state index in [4.69, 9.17) is 28.8 Å². The van der Waals surface area contributed by atoms with Gasteiger partial charge in [0.05, 0.1) is 6.61 Å². The van der Waals surface area contributed by atoms with Crippen molar-refractivity contribution in [2.75, 3.05) is 33.9 Å². The van der Waals surface area contributed by atoms with E-state index in [0.717, 1.165) is 38.6 Å². The minimum absolute atomic E-state index is 0. The molecule has 0 bridgehead atoms. The van der Waals surface area contributed by atoms with Gasteiger partial charge < -0.3 is 38.8 Å². The maximum atomic E-state index is 12.8. The van der Waals surface area contributed by atoms with Gasteiger partial charge in [-0.3, -0.25) is 14.4 Å². The Hall–Kier alpha value is -1.70. The Labute approximate surface area is 303 Å². The molecule has 6 aliphatic rings. The van der Waals surface area contributed by atoms with Crippen molar-refractivity contribution in [3.05, 3.63) is 23.3 Å². The highest BCUT2D eigenvalue weighted by atomic mass is 35.5. The zero-order valence-corrected chi connectivity index (χ0v) is 32.2. The second-order valence-corrected chi connectivity index (χ2v) is 16.4. The van der Waals surface area contributed by atoms with Gasteiger partial charge in [-0.05, 0) is 122 Å². The van der Waals surface area contributed by atoms with Crippen LogP contribution in [0.1, 0.15) is 93.4 Å². The van der Waals surface area contributed by atoms with Gasteiger partial charge >= 0.3 is 5.97 Å². The van der Waals surface area contributed by atoms with E-state index >= 15 is 0 Å². The Morgan fingerprint density at radius 3 is 2.36 bits per heavy atom. The van der Waals surface area contributed by atoms with Crippen molar-refractivity contribution < 1.29 is 48.3 Å². The van der Waals surface area contributed by atoms with E-state index in [1.165, 1.54) is 18.1 Å². The van der Waals surface area contributed by atoms with Crippen LogP contribution in [-0.4, -0.2) is 109 Å². The number of halogens is 1. The Balaban J connectivity index is 0.000000230. The number of ether oxygens (including phenoxy) is 5. The van der Waals surface area contributed by atoms with Gasteiger partial charge in [0.15, 0.2) is 29.2 Å². The molecule has 0 aromatic heterocycles. The summed E-state index contributed by atoms with van der Waals surface area (Å²) in [6, 6.07) is 0. The number of allylic oxidation sites excluding steroid dienone is 4. The molecule has 2 saturated heterocycles. The first-order valence-corrected chi connectivity index (χ1v) is 18.1. The van der Waals surface area contributed by atoms with E-state index in [2.05, 4.69) is 31.7 Å². The number of carbonyl (C=O) groups is 3. The lowest BCUT2D eigenvalue weighted by molar-refractivity contribution is -0.231. The molecule has 4 aliphatic carbocycles. The van der Waals surface area contributed by atoms with Crippen molar-refractivity contribution in [1.29, 1.82) is 0 Å². The van der Waals surface area contributed by atoms with Crippen LogP contribution < -0.4 is 0 Å². The summed E-state index contributed by atoms with van der Waals surface area (Å²) >= 11 is 0. The first-order valence-electron chi connectivity index (χ1n) is 18.1. The van der Waals surface area contributed by atoms with Crippen molar-refractivity contribution in [2.24, 2.45) is 28.6 Å². The second-order valence-electron chi connectivity index (χ2n) is 16.4. The molecule has 11 nitrogen and oxygen atoms in total. The van der Waals surface area contributed by atoms with Gasteiger partial charge in [0, 0.05) is 25.4 Å². The molecule has 12 heteroatoms. The third kappa shape index (κ3) is 7.40. The molecule has 0 spiro atoms. The van der Waals surface area contributed by atoms with Crippen LogP contribution in [0.3, 0.4) is 0 Å². The normalized spacial score (nSPS) is 40.2. The molecule has 2 aliphatic heterocycles. The molecule has 11 atom stereocenters. The summed E-state index contributed by atoms with van der Waals surface area (Å²) in [5, 5.41) is 19.0. The highest BCUT2D eigenvalue weighted by molar-refractivity contribution is 5.92. The van der Waals surface area contributed by atoms with Crippen LogP contribution in [0.2, 0.25) is 0 Å². The fraction of sp³-hybridized carbons (Fsp3) is 0.816. The molecule has 0 amide bonds. The number of carbonyl (C=O) groups excluding carboxylic acids is 3. The van der Waals surface area contributed by atoms with Crippen LogP contribution >= 0.6 is 12.4 Å². The predicted octanol–water partition coefficient (Wildman–Crippen LogP) is 4.55. The molecule has 6 rings (SSSR count). The molecule has 2 saturated carbocycles. The topological polar surface area (TPSA) is 141 Å². The highest BCUT2D eigenvalue weighted by Crippen LogP contribution is 2.67. The lowest BCUT2D eigenvalue weighted by Gasteiger charge is -2.58. The average molecular weight is 726 g/mol. The smallest absolute Gasteiger partial charge is 0.303 e. The number of esters is 1. The molecule has 0 aromatic carbocycles. The maximum Gasteiger partial charge on any atom is 0.303 e. The van der Waals surface area contributed by atoms with E-state index in [1.807, 2.05) is 34.0 Å². The summed E-state index contributed by atoms with van der Waals surface area (Å²) in [6.45, 7) is 14.3. The molecule has 50 heavy (non-hydrogen) atoms. The van der Waals surface area contributed by atoms with Gasteiger partial charge in [-0.25, -0.2) is 0 Å². The quantitative estimate of drug-likeness (QED) is 0.256. The van der Waals surface area contributed by atoms with Gasteiger partial charge in [0.25, 0.3) is 0 Å². The number of rotatable bonds is 9. The van der Waals surface area contributed by atoms with Crippen molar-refractivity contribution in [1.82, 2.24) is 4.90 Å². The number of aliphatic hydroxyl groups excluding tert-OH is 2. The fourth-order valence-corrected chi connectivity index (χ4v) is 10.2. The number of nitrogens with zero attached hydrogens (tertiary/aromatic N) is 1. The summed E-state index contributed by atoms with van der Waals surface area (Å²) in [4.78, 5) is 38.8. The summed E-state index contributed by atoms with van der Waals surface area (Å²) in [6.07, 6.45) is 7.03. The first-order chi connectivity index (χ1) is 22.9. The average Bonchev–Trinajstić information content (AvgIpc) is 3.61. The van der Waals surface area contributed by atoms with Crippen LogP contribution in [0.4, 0.5) is 0 Å². The molecule has 284 valence electrons. The zero-order valence-electron chi connectivity index (χ0n) is 31.4. The van der Waals surface area contributed by atoms with E-state index in [0.29, 0.717) is 37.2 Å². The van der Waals surface area contributed by atoms with E-state index in [9.17, 15) is 19.5 Å². The maximum absolute atomic E-state index is 12.8. The molecule has 11 unspecified atom stereocenters. The standard InChI is InChI=1S/C24H32O4.C14H27NO6.ClH/c1-14-12-18-19(22(4)9-6-17(27)13-21(14)22)7-10-23(5)20(18)8-11-24(23,15(2)25)28-16(3)26;1-14(2)20-12-11(18-7-5-6-15(3)4)10(9(17)8-16)19-13(12)21-14;/h12-13,18-20H,6-11H2,1-5H3;9-13,16-17H,5-8H2,1-4H3;1H. The second kappa shape index (κ2) is 15.3. The Kier molecular flexibility index (Phi) is 12.6. The third-order valence-corrected chi connectivity index (χ3v) is 12.5. The van der Waals surface area contributed by atoms with Crippen molar-refractivity contribution in [3.63, 3.8) is 0 Å². The first kappa shape index (κ1) is 41.1. The van der Waals surface area contributed by atoms with Crippen LogP contribution in [0.15, 0.2) is 23.3 Å². The lowest BCUT2D eigenvalue weighted by atomic mass is 9.47. The number of hydrogen-bond acceptors (Lipinski definition) is 11. The van der Waals surface area contributed by atoms with E-state index in [-0.39, 0.29) is 53.5 Å². The SMILES string of the molecule is CC(=O)OC1(C(C)=O)CCC2C3C=C(C)C4=CC(=O)CCC4(C)C3CCC21C.CN(C)CCCOC1C(C(O)CO)OC2OC(C)(C)OC21.Cl. The van der Waals surface area contributed by atoms with Crippen LogP contribution in [-0.2, 0) is 38.1 Å². The lowest BCUT2D eigenvalue weighted by Crippen LogP contribution is -2.58. The van der Waals surface area contributed by atoms with E-state index < -0.39 is 36.0 Å². The molecule has 0 radical (unpaired) electrons. The monoisotopic (exact) mass is 725 g/mol. The molecule has 0 aromatic rings. The molecule has 2 N–H and O–H groups in total. The fourth-order valence-electron chi connectivity index (χ4n) is 10.2. The summed E-state index contributed by atoms with van der Waals surface area (Å²) in [5.74, 6) is 0.302. The van der Waals surface area contributed by atoms with Crippen LogP contribution in [0, 0.1) is 28.6 Å². The van der Waals surface area contributed by atoms with E-state index in [1.54, 1.807) is 6.92 Å². The van der Waals surface area contributed by atoms with Crippen molar-refractivity contribution in [2.45, 2.75) is 136 Å². The van der Waals surface area contributed by atoms with Gasteiger partial charge in [0.2, 0.25) is 0 Å². The summed E-state index contributed by atoms with van der Waals surface area (Å²) < 4.78 is 28.8. The Morgan fingerprint density at radius 1 is 1.06 bits per heavy atom. The number of Topliss-reactive ketones (excluding diaryl/α,β-unsaturated/α-hetero) is 1. The summed E-state index contributed by atoms with van der Waals surface area (Å²) in [5.41, 5.74) is 1.15. The minimum atomic E-state index is -1.01. The molecule has 4 fully saturated rings. The third-order valence-electron chi connectivity index (χ3n) is 12.5. The molecule has 2 heterocycles. The van der Waals surface area contributed by atoms with Crippen LogP contribution in [0.25, 0.3) is 0 Å². The number of ketones is 2. The molecular formula is C38H60ClNO10. The minimum Gasteiger partial charge on any atom is -0.451 e. The van der Waals surface area contributed by atoms with Gasteiger partial charge in [0.1, 0.15) is 24.4 Å². The Morgan fingerprint density at radius 2 is 1.74 bits per heavy atom. The van der Waals surface area contributed by atoms with Crippen LogP contribution in [0.5, 0.6) is 0 Å². The van der Waals surface area contributed by atoms with Gasteiger partial charge in [-0.2, -0.15) is 0 Å². The highest BCUT2D eigenvalue weighted by Gasteiger charge is 2.67. The predicted molar refractivity (Wildman–Crippen MR) is 188 cm³/mol. The largest absolute Gasteiger partial charge is 0.451 e. The van der Waals surface area contributed by atoms with Crippen molar-refractivity contribution in [3.8, 4) is 0 Å².